The van der Waals surface area contributed by atoms with E-state index in [1.165, 1.54) is 23.4 Å². The van der Waals surface area contributed by atoms with Crippen molar-refractivity contribution in [1.29, 1.82) is 0 Å². The van der Waals surface area contributed by atoms with E-state index in [9.17, 15) is 9.18 Å². The summed E-state index contributed by atoms with van der Waals surface area (Å²) in [7, 11) is 1.67. The first-order valence-corrected chi connectivity index (χ1v) is 12.1. The van der Waals surface area contributed by atoms with Crippen molar-refractivity contribution in [1.82, 2.24) is 15.2 Å². The fourth-order valence-corrected chi connectivity index (χ4v) is 6.07. The monoisotopic (exact) mass is 447 g/mol. The molecule has 0 bridgehead atoms. The van der Waals surface area contributed by atoms with E-state index in [1.54, 1.807) is 13.2 Å². The topological polar surface area (TPSA) is 57.4 Å². The molecule has 1 saturated carbocycles. The van der Waals surface area contributed by atoms with Gasteiger partial charge in [0.25, 0.3) is 0 Å². The van der Waals surface area contributed by atoms with Gasteiger partial charge in [-0.15, -0.1) is 0 Å². The number of methoxy groups -OCH3 is 1. The molecule has 5 nitrogen and oxygen atoms in total. The minimum atomic E-state index is -0.236. The standard InChI is InChI=1S/C27H30FN3O2/c1-33-18-9-10-20-22(15-18)30-25-23(20)27(16-29-24(25)19-7-2-3-8-21(19)28)11-13-31(14-12-27)26(32)17-5-4-6-17/h2-3,7-10,15,17,24,29-30H,4-6,11-14,16H2,1H3. The molecule has 172 valence electrons. The number of carbonyl (C=O) groups is 1. The van der Waals surface area contributed by atoms with Gasteiger partial charge in [0, 0.05) is 59.2 Å². The molecule has 3 aromatic rings. The van der Waals surface area contributed by atoms with Gasteiger partial charge in [0.2, 0.25) is 5.91 Å². The van der Waals surface area contributed by atoms with Crippen LogP contribution in [0.2, 0.25) is 0 Å². The third-order valence-electron chi connectivity index (χ3n) is 8.20. The molecule has 33 heavy (non-hydrogen) atoms. The quantitative estimate of drug-likeness (QED) is 0.614. The fraction of sp³-hybridized carbons (Fsp3) is 0.444. The van der Waals surface area contributed by atoms with E-state index in [0.717, 1.165) is 62.3 Å². The van der Waals surface area contributed by atoms with Crippen LogP contribution in [-0.2, 0) is 10.2 Å². The Bertz CT molecular complexity index is 1210. The Morgan fingerprint density at radius 2 is 1.94 bits per heavy atom. The normalized spacial score (nSPS) is 22.2. The Hall–Kier alpha value is -2.86. The van der Waals surface area contributed by atoms with Crippen molar-refractivity contribution in [2.45, 2.75) is 43.6 Å². The molecule has 3 aliphatic rings. The summed E-state index contributed by atoms with van der Waals surface area (Å²) >= 11 is 0. The first kappa shape index (κ1) is 20.7. The van der Waals surface area contributed by atoms with Gasteiger partial charge >= 0.3 is 0 Å². The van der Waals surface area contributed by atoms with Gasteiger partial charge in [-0.25, -0.2) is 4.39 Å². The summed E-state index contributed by atoms with van der Waals surface area (Å²) in [5.41, 5.74) is 3.90. The molecule has 1 aromatic heterocycles. The van der Waals surface area contributed by atoms with Crippen molar-refractivity contribution in [3.05, 3.63) is 65.1 Å². The highest BCUT2D eigenvalue weighted by Gasteiger charge is 2.46. The van der Waals surface area contributed by atoms with E-state index in [-0.39, 0.29) is 23.2 Å². The summed E-state index contributed by atoms with van der Waals surface area (Å²) < 4.78 is 20.3. The highest BCUT2D eigenvalue weighted by Crippen LogP contribution is 2.48. The number of benzene rings is 2. The second-order valence-electron chi connectivity index (χ2n) is 9.89. The molecule has 2 aliphatic heterocycles. The zero-order valence-corrected chi connectivity index (χ0v) is 19.0. The Morgan fingerprint density at radius 1 is 1.15 bits per heavy atom. The van der Waals surface area contributed by atoms with Crippen molar-refractivity contribution in [3.63, 3.8) is 0 Å². The van der Waals surface area contributed by atoms with E-state index in [4.69, 9.17) is 4.74 Å². The summed E-state index contributed by atoms with van der Waals surface area (Å²) in [6.45, 7) is 2.33. The zero-order valence-electron chi connectivity index (χ0n) is 19.0. The molecule has 1 spiro atoms. The molecular weight excluding hydrogens is 417 g/mol. The molecule has 2 N–H and O–H groups in total. The maximum absolute atomic E-state index is 14.8. The maximum atomic E-state index is 14.8. The van der Waals surface area contributed by atoms with Crippen LogP contribution in [0.1, 0.15) is 55.0 Å². The lowest BCUT2D eigenvalue weighted by Crippen LogP contribution is -2.54. The highest BCUT2D eigenvalue weighted by atomic mass is 19.1. The Kier molecular flexibility index (Phi) is 4.94. The second-order valence-corrected chi connectivity index (χ2v) is 9.89. The highest BCUT2D eigenvalue weighted by molar-refractivity contribution is 5.88. The number of fused-ring (bicyclic) bond motifs is 4. The Labute approximate surface area is 193 Å². The molecule has 6 rings (SSSR count). The average Bonchev–Trinajstić information content (AvgIpc) is 3.19. The van der Waals surface area contributed by atoms with Crippen molar-refractivity contribution in [3.8, 4) is 5.75 Å². The number of hydrogen-bond acceptors (Lipinski definition) is 3. The third-order valence-corrected chi connectivity index (χ3v) is 8.20. The number of halogens is 1. The van der Waals surface area contributed by atoms with E-state index >= 15 is 0 Å². The molecule has 0 radical (unpaired) electrons. The SMILES string of the molecule is COc1ccc2c3c([nH]c2c1)C(c1ccccc1F)NCC31CCN(C(=O)C2CCC2)CC1. The number of piperidine rings is 1. The number of rotatable bonds is 3. The van der Waals surface area contributed by atoms with Crippen LogP contribution in [0.3, 0.4) is 0 Å². The molecule has 1 amide bonds. The fourth-order valence-electron chi connectivity index (χ4n) is 6.07. The van der Waals surface area contributed by atoms with Crippen molar-refractivity contribution in [2.75, 3.05) is 26.7 Å². The van der Waals surface area contributed by atoms with E-state index < -0.39 is 0 Å². The molecule has 6 heteroatoms. The van der Waals surface area contributed by atoms with Crippen LogP contribution in [0.5, 0.6) is 5.75 Å². The number of hydrogen-bond donors (Lipinski definition) is 2. The van der Waals surface area contributed by atoms with Crippen LogP contribution in [0.15, 0.2) is 42.5 Å². The molecule has 2 aromatic carbocycles. The summed E-state index contributed by atoms with van der Waals surface area (Å²) in [6.07, 6.45) is 5.09. The minimum Gasteiger partial charge on any atom is -0.497 e. The number of amides is 1. The number of ether oxygens (including phenoxy) is 1. The number of likely N-dealkylation sites (tertiary alicyclic amines) is 1. The van der Waals surface area contributed by atoms with Gasteiger partial charge in [-0.1, -0.05) is 24.6 Å². The van der Waals surface area contributed by atoms with Crippen LogP contribution in [0.4, 0.5) is 4.39 Å². The van der Waals surface area contributed by atoms with Crippen LogP contribution in [0.25, 0.3) is 10.9 Å². The summed E-state index contributed by atoms with van der Waals surface area (Å²) in [5.74, 6) is 1.18. The van der Waals surface area contributed by atoms with Crippen molar-refractivity contribution < 1.29 is 13.9 Å². The minimum absolute atomic E-state index is 0.0830. The van der Waals surface area contributed by atoms with Gasteiger partial charge in [0.05, 0.1) is 13.2 Å². The Morgan fingerprint density at radius 3 is 2.64 bits per heavy atom. The van der Waals surface area contributed by atoms with Crippen molar-refractivity contribution in [2.24, 2.45) is 5.92 Å². The van der Waals surface area contributed by atoms with E-state index in [1.807, 2.05) is 24.3 Å². The van der Waals surface area contributed by atoms with E-state index in [2.05, 4.69) is 21.3 Å². The Balaban J connectivity index is 1.41. The van der Waals surface area contributed by atoms with Gasteiger partial charge in [-0.2, -0.15) is 0 Å². The average molecular weight is 448 g/mol. The molecule has 2 fully saturated rings. The molecule has 1 saturated heterocycles. The lowest BCUT2D eigenvalue weighted by molar-refractivity contribution is -0.139. The lowest BCUT2D eigenvalue weighted by Gasteiger charge is -2.47. The smallest absolute Gasteiger partial charge is 0.225 e. The van der Waals surface area contributed by atoms with Crippen LogP contribution < -0.4 is 10.1 Å². The first-order valence-electron chi connectivity index (χ1n) is 12.1. The third kappa shape index (κ3) is 3.26. The number of nitrogens with one attached hydrogen (secondary N) is 2. The summed E-state index contributed by atoms with van der Waals surface area (Å²) in [4.78, 5) is 18.6. The predicted octanol–water partition coefficient (Wildman–Crippen LogP) is 4.67. The summed E-state index contributed by atoms with van der Waals surface area (Å²) in [5, 5.41) is 4.84. The van der Waals surface area contributed by atoms with Crippen LogP contribution in [-0.4, -0.2) is 42.5 Å². The second kappa shape index (κ2) is 7.87. The molecule has 3 heterocycles. The van der Waals surface area contributed by atoms with Crippen molar-refractivity contribution >= 4 is 16.8 Å². The molecular formula is C27H30FN3O2. The van der Waals surface area contributed by atoms with E-state index in [0.29, 0.717) is 11.5 Å². The van der Waals surface area contributed by atoms with Gasteiger partial charge in [0.1, 0.15) is 11.6 Å². The molecule has 1 unspecified atom stereocenters. The number of carbonyl (C=O) groups excluding carboxylic acids is 1. The largest absolute Gasteiger partial charge is 0.497 e. The lowest BCUT2D eigenvalue weighted by atomic mass is 9.68. The number of aromatic amines is 1. The van der Waals surface area contributed by atoms with Gasteiger partial charge in [0.15, 0.2) is 0 Å². The van der Waals surface area contributed by atoms with Crippen LogP contribution >= 0.6 is 0 Å². The van der Waals surface area contributed by atoms with Gasteiger partial charge in [-0.05, 0) is 49.4 Å². The molecule has 1 atom stereocenters. The summed E-state index contributed by atoms with van der Waals surface area (Å²) in [6, 6.07) is 12.9. The number of aromatic nitrogens is 1. The first-order chi connectivity index (χ1) is 16.1. The van der Waals surface area contributed by atoms with Gasteiger partial charge in [-0.3, -0.25) is 4.79 Å². The predicted molar refractivity (Wildman–Crippen MR) is 126 cm³/mol. The zero-order chi connectivity index (χ0) is 22.6. The number of H-pyrrole nitrogens is 1. The van der Waals surface area contributed by atoms with Crippen LogP contribution in [0, 0.1) is 11.7 Å². The number of nitrogens with zero attached hydrogens (tertiary/aromatic N) is 1. The maximum Gasteiger partial charge on any atom is 0.225 e. The molecule has 1 aliphatic carbocycles. The van der Waals surface area contributed by atoms with Gasteiger partial charge < -0.3 is 19.9 Å².